The lowest BCUT2D eigenvalue weighted by Gasteiger charge is -2.33. The quantitative estimate of drug-likeness (QED) is 0.744. The maximum absolute atomic E-state index is 13.0. The normalized spacial score (nSPS) is 15.7. The summed E-state index contributed by atoms with van der Waals surface area (Å²) in [7, 11) is 0. The van der Waals surface area contributed by atoms with Crippen LogP contribution in [0.25, 0.3) is 0 Å². The molecule has 7 nitrogen and oxygen atoms in total. The molecule has 1 atom stereocenters. The summed E-state index contributed by atoms with van der Waals surface area (Å²) in [4.78, 5) is 36.0. The molecule has 1 aromatic carbocycles. The molecule has 148 valence electrons. The van der Waals surface area contributed by atoms with Crippen molar-refractivity contribution in [1.29, 1.82) is 0 Å². The van der Waals surface area contributed by atoms with E-state index in [0.717, 1.165) is 17.1 Å². The molecule has 0 saturated heterocycles. The lowest BCUT2D eigenvalue weighted by molar-refractivity contribution is 0.0637. The van der Waals surface area contributed by atoms with Crippen LogP contribution in [0, 0.1) is 6.92 Å². The second-order valence-electron chi connectivity index (χ2n) is 7.23. The van der Waals surface area contributed by atoms with Gasteiger partial charge in [0.1, 0.15) is 11.5 Å². The number of pyridine rings is 1. The zero-order valence-electron chi connectivity index (χ0n) is 16.5. The van der Waals surface area contributed by atoms with Crippen LogP contribution in [0.3, 0.4) is 0 Å². The van der Waals surface area contributed by atoms with Gasteiger partial charge in [0, 0.05) is 31.0 Å². The second-order valence-corrected chi connectivity index (χ2v) is 7.23. The van der Waals surface area contributed by atoms with E-state index in [2.05, 4.69) is 15.3 Å². The molecular formula is C22H23N5O2. The number of carbonyl (C=O) groups excluding carboxylic acids is 2. The first kappa shape index (κ1) is 18.9. The van der Waals surface area contributed by atoms with Crippen molar-refractivity contribution in [2.45, 2.75) is 33.0 Å². The van der Waals surface area contributed by atoms with Crippen LogP contribution in [0.4, 0.5) is 0 Å². The van der Waals surface area contributed by atoms with Crippen molar-refractivity contribution in [3.63, 3.8) is 0 Å². The smallest absolute Gasteiger partial charge is 0.271 e. The monoisotopic (exact) mass is 389 g/mol. The molecule has 29 heavy (non-hydrogen) atoms. The number of hydrogen-bond acceptors (Lipinski definition) is 4. The van der Waals surface area contributed by atoms with Crippen LogP contribution in [-0.4, -0.2) is 37.8 Å². The summed E-state index contributed by atoms with van der Waals surface area (Å²) < 4.78 is 1.96. The topological polar surface area (TPSA) is 80.1 Å². The van der Waals surface area contributed by atoms with Gasteiger partial charge < -0.3 is 14.8 Å². The van der Waals surface area contributed by atoms with Gasteiger partial charge in [-0.05, 0) is 38.1 Å². The fourth-order valence-corrected chi connectivity index (χ4v) is 3.59. The largest absolute Gasteiger partial charge is 0.345 e. The number of imidazole rings is 1. The summed E-state index contributed by atoms with van der Waals surface area (Å²) in [6, 6.07) is 12.9. The fraction of sp³-hybridized carbons (Fsp3) is 0.273. The second kappa shape index (κ2) is 7.87. The number of amides is 2. The highest BCUT2D eigenvalue weighted by atomic mass is 16.2. The zero-order chi connectivity index (χ0) is 20.4. The van der Waals surface area contributed by atoms with E-state index in [1.165, 1.54) is 0 Å². The maximum Gasteiger partial charge on any atom is 0.271 e. The maximum atomic E-state index is 13.0. The Morgan fingerprint density at radius 3 is 2.79 bits per heavy atom. The Morgan fingerprint density at radius 2 is 2.03 bits per heavy atom. The molecule has 1 aliphatic rings. The minimum absolute atomic E-state index is 0.0170. The van der Waals surface area contributed by atoms with E-state index in [9.17, 15) is 9.59 Å². The van der Waals surface area contributed by atoms with Crippen LogP contribution in [0.5, 0.6) is 0 Å². The summed E-state index contributed by atoms with van der Waals surface area (Å²) in [5.74, 6) is 0.457. The van der Waals surface area contributed by atoms with Gasteiger partial charge in [-0.2, -0.15) is 0 Å². The molecule has 0 unspecified atom stereocenters. The number of fused-ring (bicyclic) bond motifs is 1. The van der Waals surface area contributed by atoms with Crippen LogP contribution >= 0.6 is 0 Å². The molecule has 4 rings (SSSR count). The Morgan fingerprint density at radius 1 is 1.17 bits per heavy atom. The van der Waals surface area contributed by atoms with Crippen LogP contribution in [0.1, 0.15) is 50.9 Å². The Labute approximate surface area is 169 Å². The van der Waals surface area contributed by atoms with Crippen molar-refractivity contribution in [3.05, 3.63) is 83.2 Å². The highest BCUT2D eigenvalue weighted by Crippen LogP contribution is 2.26. The lowest BCUT2D eigenvalue weighted by atomic mass is 10.1. The summed E-state index contributed by atoms with van der Waals surface area (Å²) in [6.45, 7) is 5.44. The van der Waals surface area contributed by atoms with Crippen molar-refractivity contribution in [1.82, 2.24) is 24.8 Å². The van der Waals surface area contributed by atoms with E-state index in [1.54, 1.807) is 12.4 Å². The highest BCUT2D eigenvalue weighted by molar-refractivity contribution is 5.95. The number of hydrogen-bond donors (Lipinski definition) is 1. The average Bonchev–Trinajstić information content (AvgIpc) is 3.18. The average molecular weight is 389 g/mol. The molecule has 0 saturated carbocycles. The van der Waals surface area contributed by atoms with Gasteiger partial charge in [0.2, 0.25) is 0 Å². The first-order valence-corrected chi connectivity index (χ1v) is 9.66. The summed E-state index contributed by atoms with van der Waals surface area (Å²) in [6.07, 6.45) is 3.45. The van der Waals surface area contributed by atoms with Crippen LogP contribution < -0.4 is 5.32 Å². The van der Waals surface area contributed by atoms with Crippen LogP contribution in [0.2, 0.25) is 0 Å². The number of rotatable bonds is 4. The van der Waals surface area contributed by atoms with Gasteiger partial charge in [-0.1, -0.05) is 23.8 Å². The van der Waals surface area contributed by atoms with E-state index >= 15 is 0 Å². The van der Waals surface area contributed by atoms with Gasteiger partial charge in [0.25, 0.3) is 11.8 Å². The van der Waals surface area contributed by atoms with E-state index in [1.807, 2.05) is 65.8 Å². The minimum Gasteiger partial charge on any atom is -0.345 e. The Kier molecular flexibility index (Phi) is 5.12. The van der Waals surface area contributed by atoms with E-state index < -0.39 is 0 Å². The van der Waals surface area contributed by atoms with Crippen LogP contribution in [0.15, 0.2) is 54.9 Å². The molecular weight excluding hydrogens is 366 g/mol. The molecule has 3 heterocycles. The standard InChI is InChI=1S/C22H23N5O2/c1-15-6-5-7-17(12-15)22(29)27-11-10-26-14-19(25-20(26)16(27)2)21(28)24-13-18-8-3-4-9-23-18/h3-9,12,14,16H,10-11,13H2,1-2H3,(H,24,28)/t16-/m1/s1. The van der Waals surface area contributed by atoms with Gasteiger partial charge in [0.15, 0.2) is 0 Å². The van der Waals surface area contributed by atoms with Gasteiger partial charge in [0.05, 0.1) is 18.3 Å². The molecule has 0 spiro atoms. The van der Waals surface area contributed by atoms with Gasteiger partial charge in [-0.15, -0.1) is 0 Å². The van der Waals surface area contributed by atoms with Gasteiger partial charge in [-0.3, -0.25) is 14.6 Å². The van der Waals surface area contributed by atoms with E-state index in [0.29, 0.717) is 30.9 Å². The van der Waals surface area contributed by atoms with E-state index in [4.69, 9.17) is 0 Å². The summed E-state index contributed by atoms with van der Waals surface area (Å²) in [5.41, 5.74) is 2.86. The number of carbonyl (C=O) groups is 2. The Bertz CT molecular complexity index is 1040. The SMILES string of the molecule is Cc1cccc(C(=O)N2CCn3cc(C(=O)NCc4ccccn4)nc3[C@H]2C)c1. The molecule has 2 aromatic heterocycles. The van der Waals surface area contributed by atoms with Gasteiger partial charge in [-0.25, -0.2) is 4.98 Å². The van der Waals surface area contributed by atoms with Gasteiger partial charge >= 0.3 is 0 Å². The predicted octanol–water partition coefficient (Wildman–Crippen LogP) is 2.73. The molecule has 0 radical (unpaired) electrons. The van der Waals surface area contributed by atoms with Crippen molar-refractivity contribution in [3.8, 4) is 0 Å². The Hall–Kier alpha value is -3.48. The Balaban J connectivity index is 1.48. The van der Waals surface area contributed by atoms with Crippen molar-refractivity contribution < 1.29 is 9.59 Å². The number of aryl methyl sites for hydroxylation is 1. The van der Waals surface area contributed by atoms with Crippen molar-refractivity contribution >= 4 is 11.8 Å². The number of nitrogens with one attached hydrogen (secondary N) is 1. The molecule has 2 amide bonds. The number of nitrogens with zero attached hydrogens (tertiary/aromatic N) is 4. The fourth-order valence-electron chi connectivity index (χ4n) is 3.59. The van der Waals surface area contributed by atoms with Crippen LogP contribution in [-0.2, 0) is 13.1 Å². The molecule has 0 bridgehead atoms. The molecule has 1 N–H and O–H groups in total. The molecule has 1 aliphatic heterocycles. The molecule has 7 heteroatoms. The zero-order valence-corrected chi connectivity index (χ0v) is 16.5. The van der Waals surface area contributed by atoms with E-state index in [-0.39, 0.29) is 17.9 Å². The third kappa shape index (κ3) is 3.89. The third-order valence-corrected chi connectivity index (χ3v) is 5.15. The summed E-state index contributed by atoms with van der Waals surface area (Å²) in [5, 5.41) is 2.85. The van der Waals surface area contributed by atoms with Crippen molar-refractivity contribution in [2.75, 3.05) is 6.54 Å². The molecule has 3 aromatic rings. The first-order chi connectivity index (χ1) is 14.0. The number of benzene rings is 1. The lowest BCUT2D eigenvalue weighted by Crippen LogP contribution is -2.41. The highest BCUT2D eigenvalue weighted by Gasteiger charge is 2.31. The third-order valence-electron chi connectivity index (χ3n) is 5.15. The van der Waals surface area contributed by atoms with Crippen molar-refractivity contribution in [2.24, 2.45) is 0 Å². The molecule has 0 aliphatic carbocycles. The number of aromatic nitrogens is 3. The first-order valence-electron chi connectivity index (χ1n) is 9.66. The molecule has 0 fully saturated rings. The summed E-state index contributed by atoms with van der Waals surface area (Å²) >= 11 is 0. The minimum atomic E-state index is -0.249. The predicted molar refractivity (Wildman–Crippen MR) is 108 cm³/mol.